The molecule has 178 valence electrons. The molecule has 33 heavy (non-hydrogen) atoms. The maximum absolute atomic E-state index is 13.5. The van der Waals surface area contributed by atoms with Crippen molar-refractivity contribution in [3.8, 4) is 0 Å². The zero-order valence-corrected chi connectivity index (χ0v) is 20.1. The van der Waals surface area contributed by atoms with Gasteiger partial charge in [0.25, 0.3) is 0 Å². The van der Waals surface area contributed by atoms with Gasteiger partial charge in [-0.1, -0.05) is 24.3 Å². The third kappa shape index (κ3) is 4.82. The number of carbonyl (C=O) groups excluding carboxylic acids is 1. The molecule has 1 amide bonds. The van der Waals surface area contributed by atoms with E-state index in [2.05, 4.69) is 37.5 Å². The summed E-state index contributed by atoms with van der Waals surface area (Å²) in [7, 11) is 0. The molecule has 4 rings (SSSR count). The molecular weight excluding hydrogens is 420 g/mol. The van der Waals surface area contributed by atoms with Gasteiger partial charge in [0.05, 0.1) is 5.66 Å². The third-order valence-corrected chi connectivity index (χ3v) is 7.31. The van der Waals surface area contributed by atoms with E-state index in [4.69, 9.17) is 0 Å². The fourth-order valence-electron chi connectivity index (χ4n) is 5.80. The van der Waals surface area contributed by atoms with Crippen LogP contribution in [0, 0.1) is 11.6 Å². The van der Waals surface area contributed by atoms with Crippen molar-refractivity contribution in [3.63, 3.8) is 0 Å². The van der Waals surface area contributed by atoms with E-state index in [1.165, 1.54) is 24.3 Å². The maximum atomic E-state index is 13.5. The number of rotatable bonds is 7. The number of fused-ring (bicyclic) bond motifs is 1. The van der Waals surface area contributed by atoms with Crippen LogP contribution in [0.4, 0.5) is 8.78 Å². The van der Waals surface area contributed by atoms with E-state index >= 15 is 0 Å². The Bertz CT molecular complexity index is 913. The van der Waals surface area contributed by atoms with Gasteiger partial charge in [-0.25, -0.2) is 8.78 Å². The Morgan fingerprint density at radius 1 is 0.939 bits per heavy atom. The van der Waals surface area contributed by atoms with Crippen molar-refractivity contribution in [2.75, 3.05) is 26.2 Å². The highest BCUT2D eigenvalue weighted by atomic mass is 19.1. The van der Waals surface area contributed by atoms with Gasteiger partial charge in [0.1, 0.15) is 17.7 Å². The number of halogens is 2. The summed E-state index contributed by atoms with van der Waals surface area (Å²) in [5.74, 6) is -0.200. The lowest BCUT2D eigenvalue weighted by atomic mass is 9.87. The second-order valence-corrected chi connectivity index (χ2v) is 10.1. The predicted molar refractivity (Wildman–Crippen MR) is 127 cm³/mol. The van der Waals surface area contributed by atoms with Gasteiger partial charge in [0.15, 0.2) is 0 Å². The molecule has 2 aliphatic heterocycles. The van der Waals surface area contributed by atoms with E-state index in [0.717, 1.165) is 50.1 Å². The SMILES string of the molecule is CC(C)N1C(=O)C2CN(CCCC(c3ccc(F)cc3)c3ccc(F)cc3)CCN2C1(C)C. The molecule has 0 bridgehead atoms. The zero-order valence-electron chi connectivity index (χ0n) is 20.1. The summed E-state index contributed by atoms with van der Waals surface area (Å²) in [4.78, 5) is 19.9. The van der Waals surface area contributed by atoms with Crippen LogP contribution in [0.2, 0.25) is 0 Å². The van der Waals surface area contributed by atoms with Gasteiger partial charge in [-0.2, -0.15) is 0 Å². The highest BCUT2D eigenvalue weighted by molar-refractivity contribution is 5.85. The van der Waals surface area contributed by atoms with Crippen LogP contribution in [0.1, 0.15) is 57.6 Å². The monoisotopic (exact) mass is 455 g/mol. The zero-order chi connectivity index (χ0) is 23.8. The molecule has 2 heterocycles. The van der Waals surface area contributed by atoms with Crippen molar-refractivity contribution in [1.29, 1.82) is 0 Å². The van der Waals surface area contributed by atoms with Crippen molar-refractivity contribution in [1.82, 2.24) is 14.7 Å². The molecule has 0 saturated carbocycles. The molecule has 0 spiro atoms. The molecule has 0 aromatic heterocycles. The van der Waals surface area contributed by atoms with E-state index in [1.807, 2.05) is 29.2 Å². The van der Waals surface area contributed by atoms with Crippen LogP contribution in [0.5, 0.6) is 0 Å². The van der Waals surface area contributed by atoms with Gasteiger partial charge >= 0.3 is 0 Å². The highest BCUT2D eigenvalue weighted by Gasteiger charge is 2.53. The van der Waals surface area contributed by atoms with Crippen molar-refractivity contribution < 1.29 is 13.6 Å². The van der Waals surface area contributed by atoms with E-state index in [-0.39, 0.29) is 41.2 Å². The second-order valence-electron chi connectivity index (χ2n) is 10.1. The second kappa shape index (κ2) is 9.51. The van der Waals surface area contributed by atoms with Crippen molar-refractivity contribution >= 4 is 5.91 Å². The molecular formula is C27H35F2N3O. The number of hydrogen-bond acceptors (Lipinski definition) is 3. The quantitative estimate of drug-likeness (QED) is 0.597. The van der Waals surface area contributed by atoms with Crippen LogP contribution in [-0.4, -0.2) is 64.5 Å². The highest BCUT2D eigenvalue weighted by Crippen LogP contribution is 2.36. The molecule has 1 unspecified atom stereocenters. The van der Waals surface area contributed by atoms with E-state index < -0.39 is 0 Å². The minimum absolute atomic E-state index is 0.0796. The van der Waals surface area contributed by atoms with Crippen molar-refractivity contribution in [2.45, 2.75) is 64.2 Å². The molecule has 2 aromatic rings. The number of hydrogen-bond donors (Lipinski definition) is 0. The van der Waals surface area contributed by atoms with E-state index in [0.29, 0.717) is 0 Å². The summed E-state index contributed by atoms with van der Waals surface area (Å²) in [5, 5.41) is 0. The molecule has 0 N–H and O–H groups in total. The molecule has 2 saturated heterocycles. The van der Waals surface area contributed by atoms with Crippen LogP contribution in [0.15, 0.2) is 48.5 Å². The lowest BCUT2D eigenvalue weighted by Gasteiger charge is -2.44. The van der Waals surface area contributed by atoms with Gasteiger partial charge in [-0.15, -0.1) is 0 Å². The summed E-state index contributed by atoms with van der Waals surface area (Å²) in [6, 6.07) is 13.3. The Morgan fingerprint density at radius 3 is 2.00 bits per heavy atom. The molecule has 6 heteroatoms. The topological polar surface area (TPSA) is 26.8 Å². The Hall–Kier alpha value is -2.31. The summed E-state index contributed by atoms with van der Waals surface area (Å²) >= 11 is 0. The standard InChI is InChI=1S/C27H35F2N3O/c1-19(2)32-26(33)25-18-30(16-17-31(25)27(32,3)4)15-5-6-24(20-7-11-22(28)12-8-20)21-9-13-23(29)14-10-21/h7-14,19,24-25H,5-6,15-18H2,1-4H3. The first-order valence-electron chi connectivity index (χ1n) is 12.0. The molecule has 4 nitrogen and oxygen atoms in total. The number of nitrogens with zero attached hydrogens (tertiary/aromatic N) is 3. The summed E-state index contributed by atoms with van der Waals surface area (Å²) in [6.45, 7) is 11.9. The molecule has 1 atom stereocenters. The number of amides is 1. The van der Waals surface area contributed by atoms with Crippen LogP contribution >= 0.6 is 0 Å². The fraction of sp³-hybridized carbons (Fsp3) is 0.519. The molecule has 2 aliphatic rings. The van der Waals surface area contributed by atoms with Gasteiger partial charge in [0, 0.05) is 31.6 Å². The van der Waals surface area contributed by atoms with E-state index in [9.17, 15) is 13.6 Å². The predicted octanol–water partition coefficient (Wildman–Crippen LogP) is 4.85. The van der Waals surface area contributed by atoms with Gasteiger partial charge in [-0.05, 0) is 82.5 Å². The number of carbonyl (C=O) groups is 1. The van der Waals surface area contributed by atoms with Crippen LogP contribution in [0.3, 0.4) is 0 Å². The first kappa shape index (κ1) is 23.8. The molecule has 0 radical (unpaired) electrons. The number of piperazine rings is 1. The summed E-state index contributed by atoms with van der Waals surface area (Å²) in [5.41, 5.74) is 1.82. The van der Waals surface area contributed by atoms with Gasteiger partial charge in [-0.3, -0.25) is 14.6 Å². The average molecular weight is 456 g/mol. The van der Waals surface area contributed by atoms with Gasteiger partial charge < -0.3 is 4.90 Å². The third-order valence-electron chi connectivity index (χ3n) is 7.31. The lowest BCUT2D eigenvalue weighted by Crippen LogP contribution is -2.58. The molecule has 2 fully saturated rings. The van der Waals surface area contributed by atoms with Crippen LogP contribution in [-0.2, 0) is 4.79 Å². The first-order chi connectivity index (χ1) is 15.7. The number of benzene rings is 2. The minimum Gasteiger partial charge on any atom is -0.321 e. The Kier molecular flexibility index (Phi) is 6.87. The van der Waals surface area contributed by atoms with Crippen molar-refractivity contribution in [3.05, 3.63) is 71.3 Å². The normalized spacial score (nSPS) is 21.3. The minimum atomic E-state index is -0.255. The Balaban J connectivity index is 1.41. The summed E-state index contributed by atoms with van der Waals surface area (Å²) < 4.78 is 27.0. The molecule has 2 aromatic carbocycles. The fourth-order valence-corrected chi connectivity index (χ4v) is 5.80. The Morgan fingerprint density at radius 2 is 1.48 bits per heavy atom. The smallest absolute Gasteiger partial charge is 0.243 e. The van der Waals surface area contributed by atoms with Gasteiger partial charge in [0.2, 0.25) is 5.91 Å². The average Bonchev–Trinajstić information content (AvgIpc) is 2.98. The molecule has 0 aliphatic carbocycles. The Labute approximate surface area is 196 Å². The van der Waals surface area contributed by atoms with E-state index in [1.54, 1.807) is 0 Å². The largest absolute Gasteiger partial charge is 0.321 e. The maximum Gasteiger partial charge on any atom is 0.243 e. The van der Waals surface area contributed by atoms with Crippen LogP contribution < -0.4 is 0 Å². The summed E-state index contributed by atoms with van der Waals surface area (Å²) in [6.07, 6.45) is 1.82. The van der Waals surface area contributed by atoms with Crippen LogP contribution in [0.25, 0.3) is 0 Å². The first-order valence-corrected chi connectivity index (χ1v) is 12.0. The lowest BCUT2D eigenvalue weighted by molar-refractivity contribution is -0.133. The van der Waals surface area contributed by atoms with Crippen molar-refractivity contribution in [2.24, 2.45) is 0 Å².